The van der Waals surface area contributed by atoms with E-state index in [2.05, 4.69) is 31.4 Å². The van der Waals surface area contributed by atoms with Crippen molar-refractivity contribution in [3.63, 3.8) is 0 Å². The molecule has 0 bridgehead atoms. The number of aromatic amines is 1. The van der Waals surface area contributed by atoms with Gasteiger partial charge in [0.15, 0.2) is 29.1 Å². The van der Waals surface area contributed by atoms with E-state index in [1.54, 1.807) is 26.4 Å². The van der Waals surface area contributed by atoms with Crippen molar-refractivity contribution in [1.82, 2.24) is 10.4 Å². The molecule has 10 heteroatoms. The number of carbonyl (C=O) groups is 1. The lowest BCUT2D eigenvalue weighted by atomic mass is 10.1. The molecule has 2 N–H and O–H groups in total. The number of benzene rings is 3. The van der Waals surface area contributed by atoms with Crippen LogP contribution in [0.1, 0.15) is 17.0 Å². The molecular formula is C26H25BrN4O5. The van der Waals surface area contributed by atoms with Crippen LogP contribution in [0.25, 0.3) is 11.0 Å². The van der Waals surface area contributed by atoms with Crippen molar-refractivity contribution in [1.29, 1.82) is 0 Å². The quantitative estimate of drug-likeness (QED) is 0.188. The molecule has 0 saturated carbocycles. The molecule has 0 aliphatic carbocycles. The number of nitrogens with zero attached hydrogens (tertiary/aromatic N) is 2. The molecule has 9 nitrogen and oxygen atoms in total. The third kappa shape index (κ3) is 5.44. The molecular weight excluding hydrogens is 528 g/mol. The number of H-pyrrole nitrogens is 1. The Balaban J connectivity index is 1.56. The lowest BCUT2D eigenvalue weighted by Gasteiger charge is -2.14. The average Bonchev–Trinajstić information content (AvgIpc) is 3.22. The van der Waals surface area contributed by atoms with Crippen molar-refractivity contribution in [3.05, 3.63) is 76.0 Å². The first-order valence-corrected chi connectivity index (χ1v) is 11.8. The van der Waals surface area contributed by atoms with Crippen LogP contribution in [0.2, 0.25) is 0 Å². The number of amides is 1. The molecule has 4 rings (SSSR count). The van der Waals surface area contributed by atoms with Gasteiger partial charge < -0.3 is 19.3 Å². The lowest BCUT2D eigenvalue weighted by molar-refractivity contribution is -0.665. The zero-order valence-corrected chi connectivity index (χ0v) is 21.6. The summed E-state index contributed by atoms with van der Waals surface area (Å²) in [6.07, 6.45) is 1.83. The number of hydrogen-bond donors (Lipinski definition) is 2. The Bertz CT molecular complexity index is 1430. The molecule has 1 heterocycles. The number of imidazole rings is 1. The third-order valence-electron chi connectivity index (χ3n) is 5.60. The molecule has 4 aromatic rings. The molecule has 0 radical (unpaired) electrons. The number of fused-ring (bicyclic) bond motifs is 1. The second kappa shape index (κ2) is 11.1. The SMILES string of the molecule is COc1cc(Br)c([O-])c(/C=N/NC(=O)C[n+]2c(Cc3ccc(OC)c(OC)c3)[nH]c3ccccc32)c1. The molecule has 0 spiro atoms. The minimum Gasteiger partial charge on any atom is -0.871 e. The summed E-state index contributed by atoms with van der Waals surface area (Å²) in [6.45, 7) is 0.0238. The molecule has 0 fully saturated rings. The van der Waals surface area contributed by atoms with Crippen LogP contribution in [0.15, 0.2) is 64.2 Å². The summed E-state index contributed by atoms with van der Waals surface area (Å²) in [5.74, 6) is 2.02. The van der Waals surface area contributed by atoms with Crippen LogP contribution in [0.5, 0.6) is 23.0 Å². The smallest absolute Gasteiger partial charge is 0.282 e. The predicted molar refractivity (Wildman–Crippen MR) is 137 cm³/mol. The van der Waals surface area contributed by atoms with Crippen LogP contribution in [0.4, 0.5) is 0 Å². The Morgan fingerprint density at radius 1 is 1.08 bits per heavy atom. The summed E-state index contributed by atoms with van der Waals surface area (Å²) in [5.41, 5.74) is 5.56. The lowest BCUT2D eigenvalue weighted by Crippen LogP contribution is -2.44. The molecule has 0 aliphatic rings. The van der Waals surface area contributed by atoms with Crippen molar-refractivity contribution in [2.45, 2.75) is 13.0 Å². The molecule has 186 valence electrons. The minimum absolute atomic E-state index is 0.0238. The van der Waals surface area contributed by atoms with Gasteiger partial charge in [0.1, 0.15) is 5.75 Å². The zero-order valence-electron chi connectivity index (χ0n) is 20.0. The van der Waals surface area contributed by atoms with Gasteiger partial charge in [-0.1, -0.05) is 39.9 Å². The Kier molecular flexibility index (Phi) is 7.74. The van der Waals surface area contributed by atoms with E-state index in [-0.39, 0.29) is 23.8 Å². The highest BCUT2D eigenvalue weighted by Gasteiger charge is 2.21. The maximum Gasteiger partial charge on any atom is 0.282 e. The molecule has 1 aromatic heterocycles. The van der Waals surface area contributed by atoms with Gasteiger partial charge in [0, 0.05) is 4.47 Å². The Labute approximate surface area is 216 Å². The number of aromatic nitrogens is 2. The van der Waals surface area contributed by atoms with Gasteiger partial charge in [-0.3, -0.25) is 4.79 Å². The van der Waals surface area contributed by atoms with Crippen LogP contribution in [-0.2, 0) is 17.8 Å². The van der Waals surface area contributed by atoms with Gasteiger partial charge in [0.25, 0.3) is 11.7 Å². The van der Waals surface area contributed by atoms with E-state index in [9.17, 15) is 9.90 Å². The van der Waals surface area contributed by atoms with E-state index in [0.717, 1.165) is 22.4 Å². The summed E-state index contributed by atoms with van der Waals surface area (Å²) < 4.78 is 18.2. The number of carbonyl (C=O) groups excluding carboxylic acids is 1. The van der Waals surface area contributed by atoms with Crippen molar-refractivity contribution >= 4 is 39.1 Å². The maximum absolute atomic E-state index is 12.8. The Hall–Kier alpha value is -4.05. The van der Waals surface area contributed by atoms with E-state index in [1.807, 2.05) is 47.0 Å². The summed E-state index contributed by atoms with van der Waals surface area (Å²) in [5, 5.41) is 16.3. The van der Waals surface area contributed by atoms with Crippen LogP contribution < -0.4 is 29.3 Å². The second-order valence-electron chi connectivity index (χ2n) is 7.86. The van der Waals surface area contributed by atoms with E-state index < -0.39 is 0 Å². The van der Waals surface area contributed by atoms with E-state index in [0.29, 0.717) is 28.1 Å². The molecule has 36 heavy (non-hydrogen) atoms. The Morgan fingerprint density at radius 2 is 1.86 bits per heavy atom. The number of para-hydroxylation sites is 2. The van der Waals surface area contributed by atoms with Gasteiger partial charge in [-0.2, -0.15) is 5.10 Å². The normalized spacial score (nSPS) is 11.1. The molecule has 1 amide bonds. The maximum atomic E-state index is 12.8. The van der Waals surface area contributed by atoms with E-state index in [1.165, 1.54) is 13.3 Å². The molecule has 0 atom stereocenters. The fourth-order valence-electron chi connectivity index (χ4n) is 3.84. The first-order chi connectivity index (χ1) is 17.4. The van der Waals surface area contributed by atoms with Gasteiger partial charge in [-0.15, -0.1) is 0 Å². The number of nitrogens with one attached hydrogen (secondary N) is 2. The van der Waals surface area contributed by atoms with Crippen molar-refractivity contribution in [3.8, 4) is 23.0 Å². The second-order valence-corrected chi connectivity index (χ2v) is 8.72. The molecule has 0 aliphatic heterocycles. The van der Waals surface area contributed by atoms with Crippen molar-refractivity contribution < 1.29 is 28.7 Å². The first-order valence-electron chi connectivity index (χ1n) is 11.0. The number of halogens is 1. The largest absolute Gasteiger partial charge is 0.871 e. The Morgan fingerprint density at radius 3 is 2.61 bits per heavy atom. The summed E-state index contributed by atoms with van der Waals surface area (Å²) in [4.78, 5) is 16.2. The molecule has 0 unspecified atom stereocenters. The van der Waals surface area contributed by atoms with Crippen molar-refractivity contribution in [2.24, 2.45) is 5.10 Å². The topological polar surface area (TPSA) is 112 Å². The highest BCUT2D eigenvalue weighted by molar-refractivity contribution is 9.10. The van der Waals surface area contributed by atoms with Gasteiger partial charge in [-0.05, 0) is 47.5 Å². The highest BCUT2D eigenvalue weighted by Crippen LogP contribution is 2.30. The monoisotopic (exact) mass is 552 g/mol. The fourth-order valence-corrected chi connectivity index (χ4v) is 4.30. The summed E-state index contributed by atoms with van der Waals surface area (Å²) >= 11 is 3.21. The minimum atomic E-state index is -0.344. The van der Waals surface area contributed by atoms with Crippen LogP contribution in [0, 0.1) is 0 Å². The highest BCUT2D eigenvalue weighted by atomic mass is 79.9. The summed E-state index contributed by atoms with van der Waals surface area (Å²) in [7, 11) is 4.69. The number of hydrazone groups is 1. The number of hydrogen-bond acceptors (Lipinski definition) is 6. The average molecular weight is 553 g/mol. The van der Waals surface area contributed by atoms with Crippen molar-refractivity contribution in [2.75, 3.05) is 21.3 Å². The molecule has 0 saturated heterocycles. The standard InChI is InChI=1S/C26H25BrN4O5/c1-34-18-12-17(26(33)19(27)13-18)14-28-30-25(32)15-31-21-7-5-4-6-20(21)29-24(31)11-16-8-9-22(35-2)23(10-16)36-3/h4-10,12-14H,11,15H2,1-3H3,(H2,28,30,32,33). The van der Waals surface area contributed by atoms with Gasteiger partial charge in [0.2, 0.25) is 0 Å². The first kappa shape index (κ1) is 25.1. The number of ether oxygens (including phenoxy) is 3. The van der Waals surface area contributed by atoms with Crippen LogP contribution >= 0.6 is 15.9 Å². The van der Waals surface area contributed by atoms with Crippen LogP contribution in [-0.4, -0.2) is 38.4 Å². The molecule has 3 aromatic carbocycles. The van der Waals surface area contributed by atoms with Gasteiger partial charge in [-0.25, -0.2) is 15.0 Å². The van der Waals surface area contributed by atoms with Gasteiger partial charge >= 0.3 is 0 Å². The fraction of sp³-hybridized carbons (Fsp3) is 0.192. The predicted octanol–water partition coefficient (Wildman–Crippen LogP) is 3.06. The van der Waals surface area contributed by atoms with E-state index >= 15 is 0 Å². The number of rotatable bonds is 9. The van der Waals surface area contributed by atoms with Crippen LogP contribution in [0.3, 0.4) is 0 Å². The van der Waals surface area contributed by atoms with Gasteiger partial charge in [0.05, 0.1) is 34.0 Å². The zero-order chi connectivity index (χ0) is 25.7. The summed E-state index contributed by atoms with van der Waals surface area (Å²) in [6, 6.07) is 16.6. The van der Waals surface area contributed by atoms with E-state index in [4.69, 9.17) is 14.2 Å². The number of methoxy groups -OCH3 is 3. The third-order valence-corrected chi connectivity index (χ3v) is 6.18.